The van der Waals surface area contributed by atoms with Gasteiger partial charge in [-0.2, -0.15) is 0 Å². The Kier molecular flexibility index (Phi) is 38.0. The van der Waals surface area contributed by atoms with Crippen LogP contribution in [0.25, 0.3) is 0 Å². The molecule has 48 valence electrons. The van der Waals surface area contributed by atoms with E-state index in [1.54, 1.807) is 0 Å². The van der Waals surface area contributed by atoms with E-state index in [0.717, 1.165) is 0 Å². The molecule has 0 unspecified atom stereocenters. The molecule has 8 nitrogen and oxygen atoms in total. The van der Waals surface area contributed by atoms with Crippen LogP contribution in [0.3, 0.4) is 0 Å². The van der Waals surface area contributed by atoms with Crippen molar-refractivity contribution in [2.75, 3.05) is 0 Å². The van der Waals surface area contributed by atoms with Gasteiger partial charge in [-0.25, -0.2) is 0 Å². The normalized spacial score (nSPS) is 4.80. The summed E-state index contributed by atoms with van der Waals surface area (Å²) in [5.41, 5.74) is 0. The Labute approximate surface area is 134 Å². The Hall–Kier alpha value is 1.52. The Morgan fingerprint density at radius 2 is 0.800 bits per heavy atom. The molecule has 0 atom stereocenters. The molecule has 0 aliphatic carbocycles. The van der Waals surface area contributed by atoms with Crippen LogP contribution in [0.5, 0.6) is 0 Å². The molecule has 0 aromatic carbocycles. The minimum Gasteiger partial charge on any atom is -0.356 e. The van der Waals surface area contributed by atoms with Gasteiger partial charge in [-0.15, -0.1) is 0 Å². The van der Waals surface area contributed by atoms with Crippen molar-refractivity contribution in [2.45, 2.75) is 0 Å². The van der Waals surface area contributed by atoms with Gasteiger partial charge in [0.25, 0.3) is 0 Å². The number of rotatable bonds is 0. The van der Waals surface area contributed by atoms with Gasteiger partial charge in [0, 0.05) is 0 Å². The predicted octanol–water partition coefficient (Wildman–Crippen LogP) is -3.86. The maximum atomic E-state index is 8.25. The van der Waals surface area contributed by atoms with Crippen LogP contribution in [-0.2, 0) is 0 Å². The van der Waals surface area contributed by atoms with E-state index in [4.69, 9.17) is 30.6 Å². The first kappa shape index (κ1) is 22.5. The standard InChI is InChI=1S/K.2NO3.Sr/c;2*2-1(3)4;/q+1;2*-1;+2. The summed E-state index contributed by atoms with van der Waals surface area (Å²) >= 11 is 0. The van der Waals surface area contributed by atoms with Crippen LogP contribution in [0.15, 0.2) is 0 Å². The second-order valence-electron chi connectivity index (χ2n) is 0.447. The third-order valence-electron chi connectivity index (χ3n) is 0. The maximum Gasteiger partial charge on any atom is 2.00 e. The first-order chi connectivity index (χ1) is 3.46. The van der Waals surface area contributed by atoms with E-state index in [9.17, 15) is 0 Å². The average Bonchev–Trinajstić information content (AvgIpc) is 1.25. The topological polar surface area (TPSA) is 132 Å². The summed E-state index contributed by atoms with van der Waals surface area (Å²) in [6, 6.07) is 0. The van der Waals surface area contributed by atoms with Gasteiger partial charge < -0.3 is 30.6 Å². The van der Waals surface area contributed by atoms with Gasteiger partial charge in [0.2, 0.25) is 0 Å². The van der Waals surface area contributed by atoms with E-state index in [1.165, 1.54) is 0 Å². The predicted molar refractivity (Wildman–Crippen MR) is 26.5 cm³/mol. The van der Waals surface area contributed by atoms with Crippen molar-refractivity contribution in [3.05, 3.63) is 30.6 Å². The van der Waals surface area contributed by atoms with Gasteiger partial charge in [0.15, 0.2) is 0 Å². The first-order valence-electron chi connectivity index (χ1n) is 1.10. The summed E-state index contributed by atoms with van der Waals surface area (Å²) in [4.78, 5) is 16.5. The fourth-order valence-electron chi connectivity index (χ4n) is 0. The van der Waals surface area contributed by atoms with E-state index >= 15 is 0 Å². The molecule has 10 heavy (non-hydrogen) atoms. The molecule has 0 saturated carbocycles. The summed E-state index contributed by atoms with van der Waals surface area (Å²) in [7, 11) is 0. The molecule has 0 radical (unpaired) electrons. The molecule has 0 heterocycles. The number of nitrogens with zero attached hydrogens (tertiary/aromatic N) is 2. The van der Waals surface area contributed by atoms with Crippen LogP contribution in [0.1, 0.15) is 0 Å². The molecule has 0 fully saturated rings. The van der Waals surface area contributed by atoms with Gasteiger partial charge in [-0.05, 0) is 0 Å². The molecular formula is KN2O6Sr+. The van der Waals surface area contributed by atoms with E-state index in [2.05, 4.69) is 0 Å². The Balaban J connectivity index is -0.0000000300. The minimum absolute atomic E-state index is 0. The van der Waals surface area contributed by atoms with Crippen LogP contribution < -0.4 is 51.4 Å². The molecule has 0 aromatic rings. The maximum absolute atomic E-state index is 8.25. The largest absolute Gasteiger partial charge is 2.00 e. The number of hydrogen-bond donors (Lipinski definition) is 0. The van der Waals surface area contributed by atoms with Crippen molar-refractivity contribution in [3.8, 4) is 0 Å². The quantitative estimate of drug-likeness (QED) is 0.246. The second kappa shape index (κ2) is 16.9. The zero-order valence-electron chi connectivity index (χ0n) is 5.05. The van der Waals surface area contributed by atoms with E-state index in [0.29, 0.717) is 0 Å². The van der Waals surface area contributed by atoms with Crippen molar-refractivity contribution in [1.29, 1.82) is 0 Å². The van der Waals surface area contributed by atoms with Gasteiger partial charge in [0.05, 0.1) is 10.2 Å². The molecule has 0 spiro atoms. The summed E-state index contributed by atoms with van der Waals surface area (Å²) < 4.78 is 0. The number of hydrogen-bond acceptors (Lipinski definition) is 6. The summed E-state index contributed by atoms with van der Waals surface area (Å²) in [6.07, 6.45) is 0. The van der Waals surface area contributed by atoms with Crippen molar-refractivity contribution in [1.82, 2.24) is 0 Å². The summed E-state index contributed by atoms with van der Waals surface area (Å²) in [5, 5.41) is 29.5. The summed E-state index contributed by atoms with van der Waals surface area (Å²) in [5.74, 6) is 0. The zero-order chi connectivity index (χ0) is 7.15. The van der Waals surface area contributed by atoms with E-state index in [-0.39, 0.29) is 96.9 Å². The van der Waals surface area contributed by atoms with Gasteiger partial charge >= 0.3 is 96.9 Å². The van der Waals surface area contributed by atoms with Crippen molar-refractivity contribution >= 4 is 45.5 Å². The van der Waals surface area contributed by atoms with Crippen LogP contribution in [0, 0.1) is 30.6 Å². The molecular weight excluding hydrogens is 251 g/mol. The molecule has 0 saturated heterocycles. The van der Waals surface area contributed by atoms with Crippen LogP contribution in [0.2, 0.25) is 0 Å². The van der Waals surface area contributed by atoms with Crippen molar-refractivity contribution in [2.24, 2.45) is 0 Å². The fourth-order valence-corrected chi connectivity index (χ4v) is 0. The fraction of sp³-hybridized carbons (Fsp3) is 0. The molecule has 0 aliphatic rings. The summed E-state index contributed by atoms with van der Waals surface area (Å²) in [6.45, 7) is 0. The molecule has 0 aliphatic heterocycles. The Bertz CT molecular complexity index is 73.7. The molecule has 10 heteroatoms. The third-order valence-corrected chi connectivity index (χ3v) is 0. The van der Waals surface area contributed by atoms with Gasteiger partial charge in [0.1, 0.15) is 0 Å². The monoisotopic (exact) mass is 251 g/mol. The molecule has 0 amide bonds. The van der Waals surface area contributed by atoms with E-state index in [1.807, 2.05) is 0 Å². The average molecular weight is 251 g/mol. The van der Waals surface area contributed by atoms with Crippen LogP contribution in [0.4, 0.5) is 0 Å². The first-order valence-corrected chi connectivity index (χ1v) is 1.10. The van der Waals surface area contributed by atoms with Gasteiger partial charge in [-0.1, -0.05) is 0 Å². The Morgan fingerprint density at radius 1 is 0.800 bits per heavy atom. The Morgan fingerprint density at radius 3 is 0.800 bits per heavy atom. The zero-order valence-corrected chi connectivity index (χ0v) is 11.7. The molecule has 0 N–H and O–H groups in total. The molecule has 0 aromatic heterocycles. The van der Waals surface area contributed by atoms with Crippen molar-refractivity contribution in [3.63, 3.8) is 0 Å². The minimum atomic E-state index is -1.75. The second-order valence-corrected chi connectivity index (χ2v) is 0.447. The third kappa shape index (κ3) is 300. The van der Waals surface area contributed by atoms with Crippen LogP contribution in [-0.4, -0.2) is 55.7 Å². The molecule has 0 rings (SSSR count). The van der Waals surface area contributed by atoms with E-state index < -0.39 is 10.2 Å². The van der Waals surface area contributed by atoms with Gasteiger partial charge in [-0.3, -0.25) is 0 Å². The smallest absolute Gasteiger partial charge is 0.356 e. The van der Waals surface area contributed by atoms with Crippen LogP contribution >= 0.6 is 0 Å². The van der Waals surface area contributed by atoms with Crippen molar-refractivity contribution < 1.29 is 61.6 Å². The molecule has 0 bridgehead atoms. The SMILES string of the molecule is O=[N+]([O-])[O-].O=[N+]([O-])[O-].[K+].[Sr+2].